The van der Waals surface area contributed by atoms with Gasteiger partial charge in [-0.05, 0) is 29.5 Å². The van der Waals surface area contributed by atoms with E-state index in [1.54, 1.807) is 0 Å². The molecule has 0 heterocycles. The smallest absolute Gasteiger partial charge is 0.192 e. The average Bonchev–Trinajstić information content (AvgIpc) is 3.05. The first-order chi connectivity index (χ1) is 24.0. The van der Waals surface area contributed by atoms with E-state index in [0.717, 1.165) is 36.4 Å². The summed E-state index contributed by atoms with van der Waals surface area (Å²) in [5, 5.41) is 74.5. The zero-order valence-electron chi connectivity index (χ0n) is 24.4. The molecule has 3 aromatic rings. The van der Waals surface area contributed by atoms with Gasteiger partial charge in [0.15, 0.2) is 0 Å². The van der Waals surface area contributed by atoms with Gasteiger partial charge in [-0.1, -0.05) is 0 Å². The lowest BCUT2D eigenvalue weighted by Gasteiger charge is -2.19. The molecule has 0 aromatic heterocycles. The summed E-state index contributed by atoms with van der Waals surface area (Å²) in [6, 6.07) is 7.89. The van der Waals surface area contributed by atoms with E-state index in [1.165, 1.54) is 12.1 Å². The van der Waals surface area contributed by atoms with Crippen molar-refractivity contribution in [3.63, 3.8) is 0 Å². The fraction of sp³-hybridized carbons (Fsp3) is 0.125. The highest BCUT2D eigenvalue weighted by atomic mass is 19.4. The molecule has 0 N–H and O–H groups in total. The number of rotatable bonds is 2. The summed E-state index contributed by atoms with van der Waals surface area (Å²) in [5.74, 6) is 0. The topological polar surface area (TPSA) is 190 Å². The Balaban J connectivity index is 2.85. The van der Waals surface area contributed by atoms with Crippen LogP contribution < -0.4 is 10.4 Å². The lowest BCUT2D eigenvalue weighted by molar-refractivity contribution is -0.141. The molecule has 3 rings (SSSR count). The second kappa shape index (κ2) is 13.4. The van der Waals surface area contributed by atoms with Crippen molar-refractivity contribution in [3.8, 4) is 48.6 Å². The minimum absolute atomic E-state index is 0.302. The third-order valence-electron chi connectivity index (χ3n) is 6.96. The van der Waals surface area contributed by atoms with Gasteiger partial charge >= 0.3 is 24.7 Å². The molecule has 20 heteroatoms. The van der Waals surface area contributed by atoms with Gasteiger partial charge in [0, 0.05) is 16.3 Å². The average molecular weight is 728 g/mol. The van der Waals surface area contributed by atoms with Gasteiger partial charge in [-0.25, -0.2) is 0 Å². The van der Waals surface area contributed by atoms with Crippen LogP contribution >= 0.6 is 0 Å². The normalized spacial score (nSPS) is 11.3. The van der Waals surface area contributed by atoms with Crippen LogP contribution in [0.1, 0.15) is 66.8 Å². The maximum atomic E-state index is 14.3. The molecule has 0 spiro atoms. The summed E-state index contributed by atoms with van der Waals surface area (Å²) in [6.45, 7) is 0. The van der Waals surface area contributed by atoms with Crippen molar-refractivity contribution in [2.45, 2.75) is 24.7 Å². The fourth-order valence-electron chi connectivity index (χ4n) is 5.02. The molecule has 8 nitrogen and oxygen atoms in total. The first-order valence-electron chi connectivity index (χ1n) is 12.9. The number of alkyl halides is 12. The summed E-state index contributed by atoms with van der Waals surface area (Å²) < 4.78 is 169. The molecule has 0 saturated heterocycles. The molecule has 0 atom stereocenters. The van der Waals surface area contributed by atoms with Crippen molar-refractivity contribution in [3.05, 3.63) is 101 Å². The molecule has 0 saturated carbocycles. The van der Waals surface area contributed by atoms with Gasteiger partial charge in [-0.2, -0.15) is 94.8 Å². The zero-order chi connectivity index (χ0) is 39.7. The highest BCUT2D eigenvalue weighted by Crippen LogP contribution is 2.45. The molecule has 0 aliphatic heterocycles. The van der Waals surface area contributed by atoms with Crippen LogP contribution in [0.5, 0.6) is 0 Å². The third kappa shape index (κ3) is 6.70. The second-order valence-corrected chi connectivity index (χ2v) is 9.78. The van der Waals surface area contributed by atoms with Crippen LogP contribution in [-0.2, 0) is 24.7 Å². The second-order valence-electron chi connectivity index (χ2n) is 9.78. The van der Waals surface area contributed by atoms with Crippen LogP contribution in [0, 0.1) is 90.6 Å². The first kappa shape index (κ1) is 38.9. The number of hydrogen-bond acceptors (Lipinski definition) is 8. The Labute approximate surface area is 280 Å². The predicted molar refractivity (Wildman–Crippen MR) is 143 cm³/mol. The Kier molecular flexibility index (Phi) is 10.0. The largest absolute Gasteiger partial charge is 0.418 e. The lowest BCUT2D eigenvalue weighted by atomic mass is 9.86. The number of halogens is 12. The highest BCUT2D eigenvalue weighted by molar-refractivity contribution is 5.85. The molecular weight excluding hydrogens is 724 g/mol. The van der Waals surface area contributed by atoms with Gasteiger partial charge in [0.25, 0.3) is 0 Å². The number of hydrogen-bond donors (Lipinski definition) is 0. The van der Waals surface area contributed by atoms with Gasteiger partial charge in [0.05, 0.1) is 78.9 Å². The first-order valence-corrected chi connectivity index (χ1v) is 12.9. The van der Waals surface area contributed by atoms with E-state index < -0.39 is 113 Å². The maximum absolute atomic E-state index is 14.3. The Morgan fingerprint density at radius 1 is 0.404 bits per heavy atom. The molecule has 0 aliphatic rings. The van der Waals surface area contributed by atoms with Crippen LogP contribution in [-0.4, -0.2) is 0 Å². The van der Waals surface area contributed by atoms with Gasteiger partial charge in [-0.3, -0.25) is 0 Å². The quantitative estimate of drug-likeness (QED) is 0.269. The van der Waals surface area contributed by atoms with Crippen molar-refractivity contribution in [2.24, 2.45) is 0 Å². The highest BCUT2D eigenvalue weighted by Gasteiger charge is 2.45. The number of nitriles is 8. The summed E-state index contributed by atoms with van der Waals surface area (Å²) in [4.78, 5) is 0. The standard InChI is InChI=1S/C32H4F12N8/c33-29(34,35)24-3-16(27(31(39,40)41)22(11-51)19(24)8-48)18(7-47)13-1-14(5-45)26(15(2-13)6-46)21(10-50)17-4-25(30(36,37)38)20(9-49)23(12-52)28(17)32(42,43)44/h1-4H. The molecule has 0 amide bonds. The molecule has 0 bridgehead atoms. The third-order valence-corrected chi connectivity index (χ3v) is 6.96. The molecule has 0 aliphatic carbocycles. The van der Waals surface area contributed by atoms with E-state index in [2.05, 4.69) is 0 Å². The Bertz CT molecular complexity index is 2510. The van der Waals surface area contributed by atoms with Crippen molar-refractivity contribution in [1.82, 2.24) is 0 Å². The summed E-state index contributed by atoms with van der Waals surface area (Å²) in [5.41, 5.74) is -25.2. The van der Waals surface area contributed by atoms with Gasteiger partial charge in [0.1, 0.15) is 36.4 Å². The Morgan fingerprint density at radius 2 is 0.731 bits per heavy atom. The molecule has 256 valence electrons. The fourth-order valence-corrected chi connectivity index (χ4v) is 5.02. The van der Waals surface area contributed by atoms with Gasteiger partial charge in [0.2, 0.25) is 0 Å². The van der Waals surface area contributed by atoms with E-state index >= 15 is 0 Å². The number of benzene rings is 3. The van der Waals surface area contributed by atoms with E-state index in [-0.39, 0.29) is 12.1 Å². The van der Waals surface area contributed by atoms with Crippen LogP contribution in [0.4, 0.5) is 52.7 Å². The van der Waals surface area contributed by atoms with Crippen LogP contribution in [0.15, 0.2) is 24.3 Å². The summed E-state index contributed by atoms with van der Waals surface area (Å²) in [7, 11) is 0. The van der Waals surface area contributed by atoms with Crippen LogP contribution in [0.3, 0.4) is 0 Å². The van der Waals surface area contributed by atoms with Crippen molar-refractivity contribution < 1.29 is 52.7 Å². The monoisotopic (exact) mass is 728 g/mol. The van der Waals surface area contributed by atoms with Crippen molar-refractivity contribution >= 4 is 11.1 Å². The van der Waals surface area contributed by atoms with Gasteiger partial charge in [-0.15, -0.1) is 0 Å². The molecule has 0 unspecified atom stereocenters. The van der Waals surface area contributed by atoms with Crippen LogP contribution in [0.2, 0.25) is 0 Å². The maximum Gasteiger partial charge on any atom is 0.418 e. The molecule has 52 heavy (non-hydrogen) atoms. The van der Waals surface area contributed by atoms with Crippen LogP contribution in [0.25, 0.3) is 11.1 Å². The van der Waals surface area contributed by atoms with E-state index in [9.17, 15) is 94.8 Å². The Hall–Kier alpha value is -7.52. The molecular formula is C32H4F12N8. The lowest BCUT2D eigenvalue weighted by Crippen LogP contribution is -2.25. The summed E-state index contributed by atoms with van der Waals surface area (Å²) in [6.07, 6.45) is -22.9. The van der Waals surface area contributed by atoms with Crippen molar-refractivity contribution in [1.29, 1.82) is 42.1 Å². The van der Waals surface area contributed by atoms with Crippen molar-refractivity contribution in [2.75, 3.05) is 0 Å². The number of nitrogens with zero attached hydrogens (tertiary/aromatic N) is 8. The van der Waals surface area contributed by atoms with E-state index in [1.807, 2.05) is 0 Å². The predicted octanol–water partition coefficient (Wildman–Crippen LogP) is 6.44. The van der Waals surface area contributed by atoms with E-state index in [0.29, 0.717) is 12.1 Å². The van der Waals surface area contributed by atoms with Gasteiger partial charge < -0.3 is 0 Å². The minimum atomic E-state index is -5.81. The molecule has 0 fully saturated rings. The zero-order valence-corrected chi connectivity index (χ0v) is 24.4. The molecule has 0 radical (unpaired) electrons. The van der Waals surface area contributed by atoms with E-state index in [4.69, 9.17) is 0 Å². The SMILES string of the molecule is N#CC(c1cc(C(F)(F)F)c(C#N)c(C#N)c1C(F)(F)F)=c1cc(C#N)c(=C(C#N)c2cc(C(F)(F)F)c(C#N)c(C#N)c2C(F)(F)F)c(C#N)c1. The molecule has 3 aromatic carbocycles. The minimum Gasteiger partial charge on any atom is -0.192 e. The summed E-state index contributed by atoms with van der Waals surface area (Å²) >= 11 is 0. The Morgan fingerprint density at radius 3 is 0.981 bits per heavy atom.